The van der Waals surface area contributed by atoms with Crippen LogP contribution >= 0.6 is 0 Å². The molecule has 9 nitrogen and oxygen atoms in total. The highest BCUT2D eigenvalue weighted by Crippen LogP contribution is 2.24. The molecule has 2 rings (SSSR count). The van der Waals surface area contributed by atoms with Crippen molar-refractivity contribution in [2.75, 3.05) is 30.4 Å². The van der Waals surface area contributed by atoms with Crippen LogP contribution in [0.5, 0.6) is 0 Å². The van der Waals surface area contributed by atoms with E-state index < -0.39 is 22.9 Å². The molecule has 0 spiro atoms. The zero-order valence-electron chi connectivity index (χ0n) is 15.5. The lowest BCUT2D eigenvalue weighted by Crippen LogP contribution is -2.37. The largest absolute Gasteiger partial charge is 0.449 e. The number of esters is 1. The van der Waals surface area contributed by atoms with E-state index >= 15 is 0 Å². The van der Waals surface area contributed by atoms with Crippen LogP contribution in [-0.2, 0) is 9.53 Å². The van der Waals surface area contributed by atoms with Crippen LogP contribution in [0.3, 0.4) is 0 Å². The molecule has 0 aromatic heterocycles. The summed E-state index contributed by atoms with van der Waals surface area (Å²) in [5.74, 6) is -1.33. The number of amides is 1. The monoisotopic (exact) mass is 387 g/mol. The number of nitrogens with one attached hydrogen (secondary N) is 1. The summed E-state index contributed by atoms with van der Waals surface area (Å²) in [6, 6.07) is 12.5. The number of non-ortho nitro benzene ring substituents is 1. The number of nitro groups is 1. The van der Waals surface area contributed by atoms with Crippen molar-refractivity contribution < 1.29 is 24.4 Å². The number of nitro benzene ring substituents is 1. The molecule has 28 heavy (non-hydrogen) atoms. The molecular weight excluding hydrogens is 366 g/mol. The number of nitrogens with zero attached hydrogens (tertiary/aromatic N) is 2. The van der Waals surface area contributed by atoms with Crippen LogP contribution < -0.4 is 10.2 Å². The van der Waals surface area contributed by atoms with Gasteiger partial charge >= 0.3 is 5.97 Å². The summed E-state index contributed by atoms with van der Waals surface area (Å²) < 4.78 is 5.24. The Morgan fingerprint density at radius 1 is 1.25 bits per heavy atom. The van der Waals surface area contributed by atoms with Gasteiger partial charge in [-0.05, 0) is 25.1 Å². The van der Waals surface area contributed by atoms with Crippen molar-refractivity contribution in [3.05, 3.63) is 64.2 Å². The van der Waals surface area contributed by atoms with E-state index in [0.29, 0.717) is 5.69 Å². The van der Waals surface area contributed by atoms with Gasteiger partial charge in [-0.2, -0.15) is 0 Å². The normalized spacial score (nSPS) is 11.4. The van der Waals surface area contributed by atoms with Crippen molar-refractivity contribution in [2.24, 2.45) is 0 Å². The van der Waals surface area contributed by atoms with Gasteiger partial charge in [-0.1, -0.05) is 18.2 Å². The third-order valence-electron chi connectivity index (χ3n) is 3.97. The van der Waals surface area contributed by atoms with Crippen molar-refractivity contribution in [2.45, 2.75) is 13.0 Å². The smallest absolute Gasteiger partial charge is 0.341 e. The summed E-state index contributed by atoms with van der Waals surface area (Å²) in [6.07, 6.45) is -1.11. The van der Waals surface area contributed by atoms with E-state index in [-0.39, 0.29) is 30.1 Å². The number of likely N-dealkylation sites (N-methyl/N-ethyl adjacent to an activating group) is 1. The number of hydrogen-bond acceptors (Lipinski definition) is 7. The van der Waals surface area contributed by atoms with Crippen molar-refractivity contribution in [1.29, 1.82) is 0 Å². The first-order chi connectivity index (χ1) is 13.3. The number of rotatable bonds is 8. The Morgan fingerprint density at radius 2 is 1.93 bits per heavy atom. The quantitative estimate of drug-likeness (QED) is 0.404. The van der Waals surface area contributed by atoms with Crippen molar-refractivity contribution >= 4 is 28.9 Å². The molecule has 1 amide bonds. The minimum Gasteiger partial charge on any atom is -0.449 e. The predicted octanol–water partition coefficient (Wildman–Crippen LogP) is 2.21. The number of carbonyl (C=O) groups is 2. The fraction of sp³-hybridized carbons (Fsp3) is 0.263. The summed E-state index contributed by atoms with van der Waals surface area (Å²) in [5.41, 5.74) is 0.517. The second-order valence-electron chi connectivity index (χ2n) is 5.92. The molecule has 0 saturated carbocycles. The van der Waals surface area contributed by atoms with E-state index in [1.165, 1.54) is 24.0 Å². The molecule has 0 heterocycles. The van der Waals surface area contributed by atoms with Gasteiger partial charge in [0.2, 0.25) is 0 Å². The molecule has 0 unspecified atom stereocenters. The lowest BCUT2D eigenvalue weighted by molar-refractivity contribution is -0.384. The molecular formula is C19H21N3O6. The highest BCUT2D eigenvalue weighted by atomic mass is 16.6. The number of hydrogen-bond donors (Lipinski definition) is 2. The summed E-state index contributed by atoms with van der Waals surface area (Å²) in [7, 11) is 1.56. The van der Waals surface area contributed by atoms with E-state index in [2.05, 4.69) is 5.32 Å². The standard InChI is InChI=1S/C19H21N3O6/c1-13(18(24)21(2)14-6-4-3-5-7-14)28-19(25)16-12-15(22(26)27)8-9-17(16)20-10-11-23/h3-9,12-13,20,23H,10-11H2,1-2H3/t13-/m1/s1. The Kier molecular flexibility index (Phi) is 7.05. The van der Waals surface area contributed by atoms with Gasteiger partial charge in [-0.15, -0.1) is 0 Å². The van der Waals surface area contributed by atoms with Crippen molar-refractivity contribution in [1.82, 2.24) is 0 Å². The number of para-hydroxylation sites is 1. The first-order valence-electron chi connectivity index (χ1n) is 8.52. The third kappa shape index (κ3) is 5.04. The Labute approximate surface area is 161 Å². The minimum absolute atomic E-state index is 0.0929. The van der Waals surface area contributed by atoms with Crippen molar-refractivity contribution in [3.63, 3.8) is 0 Å². The average molecular weight is 387 g/mol. The maximum Gasteiger partial charge on any atom is 0.341 e. The summed E-state index contributed by atoms with van der Waals surface area (Å²) in [6.45, 7) is 1.38. The maximum atomic E-state index is 12.6. The molecule has 0 aliphatic heterocycles. The van der Waals surface area contributed by atoms with Crippen LogP contribution in [0.4, 0.5) is 17.1 Å². The topological polar surface area (TPSA) is 122 Å². The molecule has 2 N–H and O–H groups in total. The second-order valence-corrected chi connectivity index (χ2v) is 5.92. The van der Waals surface area contributed by atoms with E-state index in [1.54, 1.807) is 31.3 Å². The van der Waals surface area contributed by atoms with Crippen molar-refractivity contribution in [3.8, 4) is 0 Å². The van der Waals surface area contributed by atoms with E-state index in [4.69, 9.17) is 9.84 Å². The molecule has 0 saturated heterocycles. The lowest BCUT2D eigenvalue weighted by Gasteiger charge is -2.22. The van der Waals surface area contributed by atoms with Gasteiger partial charge in [0.05, 0.1) is 17.1 Å². The van der Waals surface area contributed by atoms with Gasteiger partial charge in [0.15, 0.2) is 6.10 Å². The number of anilines is 2. The van der Waals surface area contributed by atoms with E-state index in [0.717, 1.165) is 6.07 Å². The molecule has 0 bridgehead atoms. The molecule has 0 radical (unpaired) electrons. The lowest BCUT2D eigenvalue weighted by atomic mass is 10.1. The Morgan fingerprint density at radius 3 is 2.54 bits per heavy atom. The van der Waals surface area contributed by atoms with Gasteiger partial charge in [-0.25, -0.2) is 4.79 Å². The molecule has 1 atom stereocenters. The maximum absolute atomic E-state index is 12.6. The fourth-order valence-corrected chi connectivity index (χ4v) is 2.49. The zero-order valence-corrected chi connectivity index (χ0v) is 15.5. The highest BCUT2D eigenvalue weighted by molar-refractivity contribution is 6.00. The zero-order chi connectivity index (χ0) is 20.7. The van der Waals surface area contributed by atoms with Crippen LogP contribution in [0.2, 0.25) is 0 Å². The molecule has 2 aromatic rings. The third-order valence-corrected chi connectivity index (χ3v) is 3.97. The highest BCUT2D eigenvalue weighted by Gasteiger charge is 2.25. The molecule has 0 fully saturated rings. The number of ether oxygens (including phenoxy) is 1. The number of aliphatic hydroxyl groups is 1. The molecule has 2 aromatic carbocycles. The average Bonchev–Trinajstić information content (AvgIpc) is 2.71. The first-order valence-corrected chi connectivity index (χ1v) is 8.52. The molecule has 9 heteroatoms. The number of carbonyl (C=O) groups excluding carboxylic acids is 2. The van der Waals surface area contributed by atoms with E-state index in [1.807, 2.05) is 6.07 Å². The Bertz CT molecular complexity index is 856. The number of aliphatic hydroxyl groups excluding tert-OH is 1. The number of benzene rings is 2. The fourth-order valence-electron chi connectivity index (χ4n) is 2.49. The summed E-state index contributed by atoms with van der Waals surface area (Å²) in [5, 5.41) is 22.8. The van der Waals surface area contributed by atoms with Crippen LogP contribution in [0.1, 0.15) is 17.3 Å². The van der Waals surface area contributed by atoms with Crippen LogP contribution in [-0.4, -0.2) is 48.2 Å². The molecule has 0 aliphatic carbocycles. The van der Waals surface area contributed by atoms with Gasteiger partial charge in [-0.3, -0.25) is 14.9 Å². The van der Waals surface area contributed by atoms with Crippen LogP contribution in [0.25, 0.3) is 0 Å². The first kappa shape index (κ1) is 20.8. The molecule has 0 aliphatic rings. The summed E-state index contributed by atoms with van der Waals surface area (Å²) >= 11 is 0. The Balaban J connectivity index is 2.19. The van der Waals surface area contributed by atoms with Gasteiger partial charge < -0.3 is 20.1 Å². The summed E-state index contributed by atoms with van der Waals surface area (Å²) in [4.78, 5) is 36.8. The minimum atomic E-state index is -1.11. The Hall–Kier alpha value is -3.46. The van der Waals surface area contributed by atoms with E-state index in [9.17, 15) is 19.7 Å². The van der Waals surface area contributed by atoms with Gasteiger partial charge in [0.1, 0.15) is 0 Å². The van der Waals surface area contributed by atoms with Crippen LogP contribution in [0, 0.1) is 10.1 Å². The molecule has 148 valence electrons. The second kappa shape index (κ2) is 9.47. The van der Waals surface area contributed by atoms with Crippen LogP contribution in [0.15, 0.2) is 48.5 Å². The van der Waals surface area contributed by atoms with Gasteiger partial charge in [0, 0.05) is 37.1 Å². The SMILES string of the molecule is C[C@@H](OC(=O)c1cc([N+](=O)[O-])ccc1NCCO)C(=O)N(C)c1ccccc1. The van der Waals surface area contributed by atoms with Gasteiger partial charge in [0.25, 0.3) is 11.6 Å². The predicted molar refractivity (Wildman–Crippen MR) is 103 cm³/mol.